The van der Waals surface area contributed by atoms with Crippen LogP contribution < -0.4 is 0 Å². The van der Waals surface area contributed by atoms with Gasteiger partial charge in [0.15, 0.2) is 0 Å². The van der Waals surface area contributed by atoms with Gasteiger partial charge < -0.3 is 0 Å². The third kappa shape index (κ3) is 1.21. The fourth-order valence-corrected chi connectivity index (χ4v) is 2.85. The van der Waals surface area contributed by atoms with Crippen molar-refractivity contribution in [2.24, 2.45) is 0 Å². The van der Waals surface area contributed by atoms with Crippen LogP contribution in [0.4, 0.5) is 0 Å². The standard InChI is InChI=1S/C10H13NS/c1-11-8-7-9-5-3-4-6-10(9)12(11)2/h3-6H,2,7-8H2,1H3. The molecule has 0 N–H and O–H groups in total. The lowest BCUT2D eigenvalue weighted by molar-refractivity contribution is 0.550. The quantitative estimate of drug-likeness (QED) is 0.552. The van der Waals surface area contributed by atoms with E-state index in [1.165, 1.54) is 16.9 Å². The number of likely N-dealkylation sites (N-methyl/N-ethyl adjacent to an activating group) is 1. The van der Waals surface area contributed by atoms with Crippen LogP contribution in [0.5, 0.6) is 0 Å². The predicted molar refractivity (Wildman–Crippen MR) is 55.8 cm³/mol. The van der Waals surface area contributed by atoms with Crippen molar-refractivity contribution in [3.05, 3.63) is 29.8 Å². The third-order valence-electron chi connectivity index (χ3n) is 2.30. The molecule has 1 aliphatic heterocycles. The van der Waals surface area contributed by atoms with E-state index >= 15 is 0 Å². The summed E-state index contributed by atoms with van der Waals surface area (Å²) in [5, 5.41) is 0. The average molecular weight is 179 g/mol. The van der Waals surface area contributed by atoms with Gasteiger partial charge in [0, 0.05) is 11.4 Å². The maximum Gasteiger partial charge on any atom is 0.0186 e. The minimum absolute atomic E-state index is 0.0734. The molecule has 1 aliphatic rings. The summed E-state index contributed by atoms with van der Waals surface area (Å²) in [5.74, 6) is 4.17. The highest BCUT2D eigenvalue weighted by Gasteiger charge is 2.14. The van der Waals surface area contributed by atoms with Crippen LogP contribution in [-0.4, -0.2) is 23.8 Å². The zero-order chi connectivity index (χ0) is 8.55. The predicted octanol–water partition coefficient (Wildman–Crippen LogP) is 2.15. The van der Waals surface area contributed by atoms with Gasteiger partial charge in [-0.25, -0.2) is 0 Å². The van der Waals surface area contributed by atoms with Crippen LogP contribution in [0.3, 0.4) is 0 Å². The van der Waals surface area contributed by atoms with E-state index < -0.39 is 0 Å². The van der Waals surface area contributed by atoms with Crippen LogP contribution in [0.25, 0.3) is 0 Å². The first-order valence-corrected chi connectivity index (χ1v) is 5.47. The summed E-state index contributed by atoms with van der Waals surface area (Å²) in [7, 11) is 2.22. The first kappa shape index (κ1) is 8.02. The Labute approximate surface area is 76.1 Å². The smallest absolute Gasteiger partial charge is 0.0186 e. The largest absolute Gasteiger partial charge is 0.255 e. The molecule has 0 aliphatic carbocycles. The highest BCUT2D eigenvalue weighted by Crippen LogP contribution is 2.34. The van der Waals surface area contributed by atoms with Gasteiger partial charge in [0.05, 0.1) is 0 Å². The third-order valence-corrected chi connectivity index (χ3v) is 4.14. The molecule has 1 aromatic rings. The fraction of sp³-hybridized carbons (Fsp3) is 0.300. The second kappa shape index (κ2) is 3.04. The Morgan fingerprint density at radius 2 is 2.17 bits per heavy atom. The molecule has 1 aromatic carbocycles. The van der Waals surface area contributed by atoms with Crippen molar-refractivity contribution in [3.63, 3.8) is 0 Å². The van der Waals surface area contributed by atoms with E-state index in [-0.39, 0.29) is 10.7 Å². The van der Waals surface area contributed by atoms with Gasteiger partial charge in [0.1, 0.15) is 0 Å². The molecule has 2 rings (SSSR count). The molecule has 1 nitrogen and oxygen atoms in total. The molecule has 64 valence electrons. The van der Waals surface area contributed by atoms with Crippen molar-refractivity contribution in [1.82, 2.24) is 4.31 Å². The first-order valence-electron chi connectivity index (χ1n) is 4.12. The Hall–Kier alpha value is -0.600. The zero-order valence-corrected chi connectivity index (χ0v) is 8.10. The fourth-order valence-electron chi connectivity index (χ4n) is 1.50. The second-order valence-corrected chi connectivity index (χ2v) is 4.87. The van der Waals surface area contributed by atoms with E-state index in [0.717, 1.165) is 6.54 Å². The number of nitrogens with zero attached hydrogens (tertiary/aromatic N) is 1. The highest BCUT2D eigenvalue weighted by molar-refractivity contribution is 8.12. The molecular weight excluding hydrogens is 166 g/mol. The van der Waals surface area contributed by atoms with Crippen molar-refractivity contribution < 1.29 is 0 Å². The van der Waals surface area contributed by atoms with Crippen molar-refractivity contribution in [2.75, 3.05) is 13.6 Å². The van der Waals surface area contributed by atoms with Crippen molar-refractivity contribution in [2.45, 2.75) is 11.3 Å². The Bertz CT molecular complexity index is 319. The lowest BCUT2D eigenvalue weighted by Gasteiger charge is -2.27. The Kier molecular flexibility index (Phi) is 2.03. The normalized spacial score (nSPS) is 23.6. The van der Waals surface area contributed by atoms with Crippen LogP contribution in [0, 0.1) is 0 Å². The van der Waals surface area contributed by atoms with E-state index in [0.29, 0.717) is 0 Å². The van der Waals surface area contributed by atoms with E-state index in [4.69, 9.17) is 0 Å². The first-order chi connectivity index (χ1) is 5.79. The summed E-state index contributed by atoms with van der Waals surface area (Å²) in [4.78, 5) is 1.42. The van der Waals surface area contributed by atoms with Gasteiger partial charge in [-0.2, -0.15) is 0 Å². The maximum atomic E-state index is 4.17. The Morgan fingerprint density at radius 1 is 1.42 bits per heavy atom. The number of rotatable bonds is 0. The van der Waals surface area contributed by atoms with Gasteiger partial charge in [0.25, 0.3) is 0 Å². The number of hydrogen-bond donors (Lipinski definition) is 0. The molecule has 1 unspecified atom stereocenters. The van der Waals surface area contributed by atoms with E-state index in [1.54, 1.807) is 0 Å². The van der Waals surface area contributed by atoms with Crippen LogP contribution in [0.2, 0.25) is 0 Å². The topological polar surface area (TPSA) is 3.24 Å². The van der Waals surface area contributed by atoms with E-state index in [2.05, 4.69) is 41.5 Å². The SMILES string of the molecule is C=S1c2ccccc2CCN1C. The molecule has 1 atom stereocenters. The second-order valence-electron chi connectivity index (χ2n) is 3.07. The molecule has 12 heavy (non-hydrogen) atoms. The molecule has 0 bridgehead atoms. The molecule has 0 spiro atoms. The molecule has 0 aromatic heterocycles. The summed E-state index contributed by atoms with van der Waals surface area (Å²) < 4.78 is 2.32. The van der Waals surface area contributed by atoms with E-state index in [9.17, 15) is 0 Å². The monoisotopic (exact) mass is 179 g/mol. The zero-order valence-electron chi connectivity index (χ0n) is 7.29. The van der Waals surface area contributed by atoms with Crippen LogP contribution >= 0.6 is 10.7 Å². The number of hydrogen-bond acceptors (Lipinski definition) is 1. The molecule has 0 radical (unpaired) electrons. The molecule has 0 amide bonds. The van der Waals surface area contributed by atoms with Gasteiger partial charge in [-0.1, -0.05) is 34.7 Å². The summed E-state index contributed by atoms with van der Waals surface area (Å²) in [6, 6.07) is 8.62. The van der Waals surface area contributed by atoms with Crippen molar-refractivity contribution in [3.8, 4) is 0 Å². The summed E-state index contributed by atoms with van der Waals surface area (Å²) >= 11 is 0. The van der Waals surface area contributed by atoms with Crippen LogP contribution in [-0.2, 0) is 6.42 Å². The Balaban J connectivity index is 2.49. The summed E-state index contributed by atoms with van der Waals surface area (Å²) in [6.07, 6.45) is 1.17. The minimum Gasteiger partial charge on any atom is -0.255 e. The lowest BCUT2D eigenvalue weighted by atomic mass is 10.1. The van der Waals surface area contributed by atoms with Crippen molar-refractivity contribution in [1.29, 1.82) is 0 Å². The number of fused-ring (bicyclic) bond motifs is 1. The van der Waals surface area contributed by atoms with Crippen LogP contribution in [0.1, 0.15) is 5.56 Å². The van der Waals surface area contributed by atoms with Gasteiger partial charge in [-0.15, -0.1) is 0 Å². The van der Waals surface area contributed by atoms with Crippen LogP contribution in [0.15, 0.2) is 29.2 Å². The van der Waals surface area contributed by atoms with Gasteiger partial charge in [0.2, 0.25) is 0 Å². The molecular formula is C10H13NS. The van der Waals surface area contributed by atoms with Gasteiger partial charge >= 0.3 is 0 Å². The Morgan fingerprint density at radius 3 is 3.00 bits per heavy atom. The molecule has 0 saturated heterocycles. The minimum atomic E-state index is 0.0734. The summed E-state index contributed by atoms with van der Waals surface area (Å²) in [6.45, 7) is 1.14. The molecule has 2 heteroatoms. The van der Waals surface area contributed by atoms with E-state index in [1.807, 2.05) is 0 Å². The molecule has 1 heterocycles. The molecule has 0 fully saturated rings. The highest BCUT2D eigenvalue weighted by atomic mass is 32.2. The number of benzene rings is 1. The summed E-state index contributed by atoms with van der Waals surface area (Å²) in [5.41, 5.74) is 1.48. The van der Waals surface area contributed by atoms with Crippen molar-refractivity contribution >= 4 is 16.5 Å². The maximum absolute atomic E-state index is 4.17. The van der Waals surface area contributed by atoms with Gasteiger partial charge in [-0.05, 0) is 25.1 Å². The average Bonchev–Trinajstić information content (AvgIpc) is 2.12. The molecule has 0 saturated carbocycles. The lowest BCUT2D eigenvalue weighted by Crippen LogP contribution is -2.20. The van der Waals surface area contributed by atoms with Gasteiger partial charge in [-0.3, -0.25) is 4.31 Å².